The summed E-state index contributed by atoms with van der Waals surface area (Å²) in [5.41, 5.74) is 16.4. The average molecular weight is 793 g/mol. The van der Waals surface area contributed by atoms with Crippen molar-refractivity contribution >= 4 is 99.6 Å². The number of hydrazone groups is 2. The number of azo groups is 1. The first-order valence-corrected chi connectivity index (χ1v) is 19.2. The second-order valence-corrected chi connectivity index (χ2v) is 15.6. The van der Waals surface area contributed by atoms with Gasteiger partial charge in [-0.3, -0.25) is 34.1 Å². The molecule has 0 aliphatic heterocycles. The van der Waals surface area contributed by atoms with Gasteiger partial charge in [-0.05, 0) is 96.1 Å². The fraction of sp³-hybridized carbons (Fsp3) is 0. The Morgan fingerprint density at radius 2 is 1.04 bits per heavy atom. The molecule has 4 aromatic rings. The number of allylic oxidation sites excluding steroid dienone is 2. The summed E-state index contributed by atoms with van der Waals surface area (Å²) in [6, 6.07) is 18.0. The third-order valence-electron chi connectivity index (χ3n) is 7.65. The lowest BCUT2D eigenvalue weighted by atomic mass is 9.93. The number of Topliss-reactive ketones (excluding diaryl/α,β-unsaturated/α-hetero) is 2. The van der Waals surface area contributed by atoms with Crippen LogP contribution in [-0.2, 0) is 30.4 Å². The number of carbonyl (C=O) groups is 2. The fourth-order valence-corrected chi connectivity index (χ4v) is 7.01. The molecule has 6 rings (SSSR count). The number of fused-ring (bicyclic) bond motifs is 2. The van der Waals surface area contributed by atoms with E-state index in [2.05, 4.69) is 31.3 Å². The Labute approximate surface area is 305 Å². The molecular formula is C32H24N8O11S3. The minimum absolute atomic E-state index is 0.108. The van der Waals surface area contributed by atoms with Crippen molar-refractivity contribution in [3.63, 3.8) is 0 Å². The van der Waals surface area contributed by atoms with Crippen LogP contribution in [0.15, 0.2) is 114 Å². The summed E-state index contributed by atoms with van der Waals surface area (Å²) in [4.78, 5) is 23.9. The van der Waals surface area contributed by atoms with Crippen LogP contribution in [-0.4, -0.2) is 61.9 Å². The predicted octanol–water partition coefficient (Wildman–Crippen LogP) is 4.30. The van der Waals surface area contributed by atoms with Crippen LogP contribution in [0.2, 0.25) is 0 Å². The van der Waals surface area contributed by atoms with Crippen LogP contribution in [0.5, 0.6) is 0 Å². The highest BCUT2D eigenvalue weighted by atomic mass is 32.2. The number of nitrogens with two attached hydrogens (primary N) is 2. The zero-order chi connectivity index (χ0) is 39.2. The molecule has 22 heteroatoms. The van der Waals surface area contributed by atoms with Crippen LogP contribution in [0.3, 0.4) is 0 Å². The Bertz CT molecular complexity index is 2780. The molecule has 2 aliphatic rings. The van der Waals surface area contributed by atoms with Crippen LogP contribution in [0.25, 0.3) is 12.2 Å². The van der Waals surface area contributed by atoms with Gasteiger partial charge in [0.2, 0.25) is 11.6 Å². The third-order valence-corrected chi connectivity index (χ3v) is 10.2. The monoisotopic (exact) mass is 792 g/mol. The van der Waals surface area contributed by atoms with Gasteiger partial charge in [-0.15, -0.1) is 0 Å². The predicted molar refractivity (Wildman–Crippen MR) is 198 cm³/mol. The molecular weight excluding hydrogens is 769 g/mol. The van der Waals surface area contributed by atoms with Crippen molar-refractivity contribution in [3.8, 4) is 0 Å². The molecule has 0 fully saturated rings. The Morgan fingerprint density at radius 1 is 0.556 bits per heavy atom. The largest absolute Gasteiger partial charge is 0.399 e. The Balaban J connectivity index is 1.15. The molecule has 2 aliphatic carbocycles. The van der Waals surface area contributed by atoms with Gasteiger partial charge < -0.3 is 11.5 Å². The number of carbonyl (C=O) groups excluding carboxylic acids is 2. The number of benzene rings is 4. The lowest BCUT2D eigenvalue weighted by Gasteiger charge is -2.18. The highest BCUT2D eigenvalue weighted by molar-refractivity contribution is 7.91. The van der Waals surface area contributed by atoms with Crippen LogP contribution < -0.4 is 22.3 Å². The van der Waals surface area contributed by atoms with E-state index in [0.29, 0.717) is 17.1 Å². The maximum Gasteiger partial charge on any atom is 0.296 e. The summed E-state index contributed by atoms with van der Waals surface area (Å²) in [5.74, 6) is -1.82. The summed E-state index contributed by atoms with van der Waals surface area (Å²) < 4.78 is 100. The lowest BCUT2D eigenvalue weighted by molar-refractivity contribution is 0.105. The van der Waals surface area contributed by atoms with Gasteiger partial charge in [0.15, 0.2) is 11.4 Å². The molecule has 54 heavy (non-hydrogen) atoms. The van der Waals surface area contributed by atoms with Gasteiger partial charge in [0, 0.05) is 16.9 Å². The zero-order valence-electron chi connectivity index (χ0n) is 26.9. The smallest absolute Gasteiger partial charge is 0.296 e. The number of hydrogen-bond donors (Lipinski definition) is 7. The van der Waals surface area contributed by atoms with Crippen molar-refractivity contribution in [2.75, 3.05) is 22.3 Å². The van der Waals surface area contributed by atoms with E-state index in [1.54, 1.807) is 0 Å². The summed E-state index contributed by atoms with van der Waals surface area (Å²) in [6.07, 6.45) is 1.91. The Kier molecular flexibility index (Phi) is 9.57. The summed E-state index contributed by atoms with van der Waals surface area (Å²) >= 11 is 0. The number of hydrogen-bond acceptors (Lipinski definition) is 16. The minimum Gasteiger partial charge on any atom is -0.399 e. The molecule has 0 aromatic heterocycles. The molecule has 0 saturated carbocycles. The van der Waals surface area contributed by atoms with Gasteiger partial charge in [0.1, 0.15) is 9.81 Å². The molecule has 0 amide bonds. The van der Waals surface area contributed by atoms with Gasteiger partial charge in [-0.2, -0.15) is 45.7 Å². The summed E-state index contributed by atoms with van der Waals surface area (Å²) in [6.45, 7) is 0. The van der Waals surface area contributed by atoms with Crippen LogP contribution >= 0.6 is 0 Å². The van der Waals surface area contributed by atoms with Crippen molar-refractivity contribution in [3.05, 3.63) is 111 Å². The van der Waals surface area contributed by atoms with Crippen molar-refractivity contribution in [1.82, 2.24) is 0 Å². The number of anilines is 4. The topological polar surface area (TPSA) is 323 Å². The Hall–Kier alpha value is -6.43. The normalized spacial score (nSPS) is 16.2. The molecule has 0 heterocycles. The summed E-state index contributed by atoms with van der Waals surface area (Å²) in [7, 11) is -14.6. The lowest BCUT2D eigenvalue weighted by Crippen LogP contribution is -2.28. The maximum absolute atomic E-state index is 13.2. The van der Waals surface area contributed by atoms with E-state index in [1.807, 2.05) is 0 Å². The van der Waals surface area contributed by atoms with E-state index in [0.717, 1.165) is 24.3 Å². The van der Waals surface area contributed by atoms with E-state index < -0.39 is 73.7 Å². The molecule has 0 atom stereocenters. The van der Waals surface area contributed by atoms with Crippen LogP contribution in [0.1, 0.15) is 31.8 Å². The molecule has 0 saturated heterocycles. The number of nitrogens with one attached hydrogen (secondary N) is 2. The van der Waals surface area contributed by atoms with Gasteiger partial charge in [0.05, 0.1) is 33.2 Å². The number of rotatable bonds is 9. The highest BCUT2D eigenvalue weighted by Gasteiger charge is 2.35. The van der Waals surface area contributed by atoms with Crippen molar-refractivity contribution in [2.45, 2.75) is 4.90 Å². The zero-order valence-corrected chi connectivity index (χ0v) is 29.4. The molecule has 0 unspecified atom stereocenters. The van der Waals surface area contributed by atoms with Crippen molar-refractivity contribution in [2.24, 2.45) is 20.4 Å². The fourth-order valence-electron chi connectivity index (χ4n) is 5.14. The maximum atomic E-state index is 13.2. The van der Waals surface area contributed by atoms with E-state index in [9.17, 15) is 48.5 Å². The quantitative estimate of drug-likeness (QED) is 0.0538. The molecule has 0 spiro atoms. The van der Waals surface area contributed by atoms with E-state index in [1.165, 1.54) is 66.7 Å². The number of nitrogens with zero attached hydrogens (tertiary/aromatic N) is 4. The average Bonchev–Trinajstić information content (AvgIpc) is 3.09. The SMILES string of the molecule is Nc1ccc2c(c1)C(=O)C(=NNc1ccc(N=Nc3ccc(N/N=C4\C(=O)c5c(N)cc(S(=O)(=O)O)cc5C=C4S(=O)(=O)O)cc3)cc1)C(S(=O)(=O)O)=C2. The molecule has 0 radical (unpaired) electrons. The first kappa shape index (κ1) is 37.3. The van der Waals surface area contributed by atoms with Gasteiger partial charge in [-0.25, -0.2) is 0 Å². The molecule has 9 N–H and O–H groups in total. The van der Waals surface area contributed by atoms with Crippen LogP contribution in [0, 0.1) is 0 Å². The third kappa shape index (κ3) is 7.82. The van der Waals surface area contributed by atoms with Crippen molar-refractivity contribution in [1.29, 1.82) is 0 Å². The van der Waals surface area contributed by atoms with Gasteiger partial charge in [0.25, 0.3) is 30.4 Å². The number of ketones is 2. The molecule has 0 bridgehead atoms. The van der Waals surface area contributed by atoms with Crippen molar-refractivity contribution < 1.29 is 48.5 Å². The van der Waals surface area contributed by atoms with E-state index >= 15 is 0 Å². The second kappa shape index (κ2) is 13.8. The van der Waals surface area contributed by atoms with E-state index in [4.69, 9.17) is 11.5 Å². The first-order chi connectivity index (χ1) is 25.3. The Morgan fingerprint density at radius 3 is 1.52 bits per heavy atom. The molecule has 4 aromatic carbocycles. The standard InChI is InChI=1S/C32H24N8O11S3/c33-18-2-1-16-12-26(53(46,47)48)29(31(41)24(16)14-18)39-37-21-7-3-19(4-8-21)35-36-20-5-9-22(10-6-20)38-40-30-27(54(49,50)51)13-17-11-23(52(43,44)45)15-25(34)28(17)32(30)42/h1-15,37-38H,33-34H2,(H,43,44,45)(H,46,47,48)(H,49,50,51)/b36-35?,39-29?,40-30-. The van der Waals surface area contributed by atoms with E-state index in [-0.39, 0.29) is 33.6 Å². The summed E-state index contributed by atoms with van der Waals surface area (Å²) in [5, 5.41) is 16.0. The minimum atomic E-state index is -5.06. The van der Waals surface area contributed by atoms with Gasteiger partial charge in [-0.1, -0.05) is 6.07 Å². The second-order valence-electron chi connectivity index (χ2n) is 11.4. The highest BCUT2D eigenvalue weighted by Crippen LogP contribution is 2.33. The van der Waals surface area contributed by atoms with Crippen LogP contribution in [0.4, 0.5) is 34.1 Å². The first-order valence-electron chi connectivity index (χ1n) is 14.9. The molecule has 276 valence electrons. The molecule has 19 nitrogen and oxygen atoms in total. The van der Waals surface area contributed by atoms with Gasteiger partial charge >= 0.3 is 0 Å². The number of nitrogen functional groups attached to an aromatic ring is 2.